The number of alkyl halides is 1. The normalized spacial score (nSPS) is 15.8. The second kappa shape index (κ2) is 11.3. The Hall–Kier alpha value is -3.23. The zero-order chi connectivity index (χ0) is 29.3. The summed E-state index contributed by atoms with van der Waals surface area (Å²) in [5.41, 5.74) is -1.65. The van der Waals surface area contributed by atoms with Gasteiger partial charge in [-0.2, -0.15) is 0 Å². The lowest BCUT2D eigenvalue weighted by atomic mass is 9.71. The third-order valence-electron chi connectivity index (χ3n) is 7.02. The van der Waals surface area contributed by atoms with E-state index in [1.807, 2.05) is 36.9 Å². The Morgan fingerprint density at radius 1 is 1.10 bits per heavy atom. The molecule has 0 bridgehead atoms. The minimum atomic E-state index is -1.41. The molecule has 3 aromatic rings. The molecule has 2 heterocycles. The molecule has 0 spiro atoms. The number of rotatable bonds is 11. The molecule has 0 N–H and O–H groups in total. The maximum atomic E-state index is 14.3. The van der Waals surface area contributed by atoms with Crippen LogP contribution in [0.1, 0.15) is 56.6 Å². The van der Waals surface area contributed by atoms with Crippen LogP contribution >= 0.6 is 11.6 Å². The highest BCUT2D eigenvalue weighted by Crippen LogP contribution is 2.39. The van der Waals surface area contributed by atoms with Crippen LogP contribution in [0.4, 0.5) is 13.2 Å². The van der Waals surface area contributed by atoms with Gasteiger partial charge in [-0.05, 0) is 55.2 Å². The van der Waals surface area contributed by atoms with Crippen LogP contribution in [0.3, 0.4) is 0 Å². The van der Waals surface area contributed by atoms with E-state index in [2.05, 4.69) is 5.16 Å². The zero-order valence-electron chi connectivity index (χ0n) is 22.9. The SMILES string of the molecule is CC(C)(F)CN1CC(/C=C/C(=O)c2cc(-c3ccc(F)cc3F)on2)(CC(=O)CC(C)(C)c2cccc(Cl)c2)C1. The van der Waals surface area contributed by atoms with Crippen LogP contribution in [0.25, 0.3) is 11.3 Å². The summed E-state index contributed by atoms with van der Waals surface area (Å²) in [4.78, 5) is 28.1. The van der Waals surface area contributed by atoms with Gasteiger partial charge in [-0.25, -0.2) is 13.2 Å². The van der Waals surface area contributed by atoms with Gasteiger partial charge < -0.3 is 4.52 Å². The van der Waals surface area contributed by atoms with Crippen LogP contribution in [-0.2, 0) is 10.2 Å². The van der Waals surface area contributed by atoms with E-state index in [1.54, 1.807) is 12.1 Å². The van der Waals surface area contributed by atoms with Gasteiger partial charge in [0.1, 0.15) is 23.1 Å². The van der Waals surface area contributed by atoms with Gasteiger partial charge in [0.05, 0.1) is 5.56 Å². The Morgan fingerprint density at radius 3 is 2.48 bits per heavy atom. The van der Waals surface area contributed by atoms with Crippen molar-refractivity contribution in [2.45, 2.75) is 51.6 Å². The number of carbonyl (C=O) groups excluding carboxylic acids is 2. The summed E-state index contributed by atoms with van der Waals surface area (Å²) in [5, 5.41) is 4.34. The van der Waals surface area contributed by atoms with Crippen molar-refractivity contribution in [2.75, 3.05) is 19.6 Å². The second-order valence-corrected chi connectivity index (χ2v) is 12.3. The summed E-state index contributed by atoms with van der Waals surface area (Å²) >= 11 is 6.16. The third kappa shape index (κ3) is 7.29. The van der Waals surface area contributed by atoms with E-state index in [1.165, 1.54) is 32.1 Å². The molecular formula is C31H32ClF3N2O3. The first-order valence-corrected chi connectivity index (χ1v) is 13.4. The number of carbonyl (C=O) groups is 2. The number of aromatic nitrogens is 1. The number of hydrogen-bond acceptors (Lipinski definition) is 5. The van der Waals surface area contributed by atoms with Gasteiger partial charge in [0.25, 0.3) is 0 Å². The van der Waals surface area contributed by atoms with E-state index in [0.717, 1.165) is 17.7 Å². The van der Waals surface area contributed by atoms with Gasteiger partial charge in [-0.3, -0.25) is 14.5 Å². The van der Waals surface area contributed by atoms with Crippen molar-refractivity contribution in [3.05, 3.63) is 88.6 Å². The minimum absolute atomic E-state index is 0.0109. The summed E-state index contributed by atoms with van der Waals surface area (Å²) in [6.07, 6.45) is 3.46. The van der Waals surface area contributed by atoms with E-state index < -0.39 is 33.9 Å². The number of likely N-dealkylation sites (tertiary alicyclic amines) is 1. The van der Waals surface area contributed by atoms with E-state index in [4.69, 9.17) is 16.1 Å². The molecule has 212 valence electrons. The van der Waals surface area contributed by atoms with E-state index in [9.17, 15) is 22.8 Å². The summed E-state index contributed by atoms with van der Waals surface area (Å²) in [5.74, 6) is -2.07. The predicted molar refractivity (Wildman–Crippen MR) is 148 cm³/mol. The zero-order valence-corrected chi connectivity index (χ0v) is 23.7. The number of allylic oxidation sites excluding steroid dienone is 1. The lowest BCUT2D eigenvalue weighted by Crippen LogP contribution is -2.58. The average molecular weight is 573 g/mol. The number of nitrogens with zero attached hydrogens (tertiary/aromatic N) is 2. The summed E-state index contributed by atoms with van der Waals surface area (Å²) < 4.78 is 46.8. The predicted octanol–water partition coefficient (Wildman–Crippen LogP) is 7.39. The van der Waals surface area contributed by atoms with Gasteiger partial charge in [-0.15, -0.1) is 0 Å². The molecule has 9 heteroatoms. The molecular weight excluding hydrogens is 541 g/mol. The molecule has 0 aliphatic carbocycles. The number of halogens is 4. The first-order chi connectivity index (χ1) is 18.6. The lowest BCUT2D eigenvalue weighted by Gasteiger charge is -2.50. The molecule has 4 rings (SSSR count). The second-order valence-electron chi connectivity index (χ2n) is 11.9. The molecule has 0 amide bonds. The summed E-state index contributed by atoms with van der Waals surface area (Å²) in [6, 6.07) is 11.7. The molecule has 2 aromatic carbocycles. The van der Waals surface area contributed by atoms with E-state index in [0.29, 0.717) is 18.1 Å². The number of benzene rings is 2. The molecule has 1 aliphatic rings. The fraction of sp³-hybridized carbons (Fsp3) is 0.387. The van der Waals surface area contributed by atoms with Crippen LogP contribution < -0.4 is 0 Å². The molecule has 5 nitrogen and oxygen atoms in total. The Labute approximate surface area is 237 Å². The van der Waals surface area contributed by atoms with Crippen molar-refractivity contribution in [3.8, 4) is 11.3 Å². The largest absolute Gasteiger partial charge is 0.355 e. The topological polar surface area (TPSA) is 63.4 Å². The van der Waals surface area contributed by atoms with Crippen molar-refractivity contribution in [1.29, 1.82) is 0 Å². The summed E-state index contributed by atoms with van der Waals surface area (Å²) in [7, 11) is 0. The molecule has 1 aromatic heterocycles. The first kappa shape index (κ1) is 29.7. The van der Waals surface area contributed by atoms with Gasteiger partial charge in [0.2, 0.25) is 5.78 Å². The van der Waals surface area contributed by atoms with Crippen LogP contribution in [-0.4, -0.2) is 46.9 Å². The number of ketones is 2. The molecule has 0 unspecified atom stereocenters. The van der Waals surface area contributed by atoms with Crippen LogP contribution in [0.15, 0.2) is 65.2 Å². The molecule has 0 atom stereocenters. The maximum absolute atomic E-state index is 14.3. The van der Waals surface area contributed by atoms with Gasteiger partial charge in [-0.1, -0.05) is 48.8 Å². The van der Waals surface area contributed by atoms with Crippen molar-refractivity contribution in [3.63, 3.8) is 0 Å². The fourth-order valence-electron chi connectivity index (χ4n) is 5.27. The molecule has 1 saturated heterocycles. The van der Waals surface area contributed by atoms with Crippen LogP contribution in [0.5, 0.6) is 0 Å². The first-order valence-electron chi connectivity index (χ1n) is 13.0. The third-order valence-corrected chi connectivity index (χ3v) is 7.25. The van der Waals surface area contributed by atoms with Crippen molar-refractivity contribution >= 4 is 23.2 Å². The highest BCUT2D eigenvalue weighted by Gasteiger charge is 2.44. The molecule has 0 radical (unpaired) electrons. The van der Waals surface area contributed by atoms with Crippen molar-refractivity contribution < 1.29 is 27.3 Å². The maximum Gasteiger partial charge on any atom is 0.207 e. The lowest BCUT2D eigenvalue weighted by molar-refractivity contribution is -0.124. The van der Waals surface area contributed by atoms with Gasteiger partial charge in [0, 0.05) is 55.0 Å². The summed E-state index contributed by atoms with van der Waals surface area (Å²) in [6.45, 7) is 7.99. The van der Waals surface area contributed by atoms with Gasteiger partial charge >= 0.3 is 0 Å². The minimum Gasteiger partial charge on any atom is -0.355 e. The monoisotopic (exact) mass is 572 g/mol. The molecule has 40 heavy (non-hydrogen) atoms. The van der Waals surface area contributed by atoms with Crippen molar-refractivity contribution in [1.82, 2.24) is 10.1 Å². The number of hydrogen-bond donors (Lipinski definition) is 0. The van der Waals surface area contributed by atoms with Crippen molar-refractivity contribution in [2.24, 2.45) is 5.41 Å². The van der Waals surface area contributed by atoms with E-state index >= 15 is 0 Å². The molecule has 1 fully saturated rings. The average Bonchev–Trinajstić information content (AvgIpc) is 3.30. The Balaban J connectivity index is 1.50. The van der Waals surface area contributed by atoms with E-state index in [-0.39, 0.29) is 42.2 Å². The van der Waals surface area contributed by atoms with Crippen LogP contribution in [0.2, 0.25) is 5.02 Å². The smallest absolute Gasteiger partial charge is 0.207 e. The molecule has 0 saturated carbocycles. The van der Waals surface area contributed by atoms with Gasteiger partial charge in [0.15, 0.2) is 11.5 Å². The Kier molecular flexibility index (Phi) is 8.43. The Morgan fingerprint density at radius 2 is 1.82 bits per heavy atom. The Bertz CT molecular complexity index is 1440. The highest BCUT2D eigenvalue weighted by molar-refractivity contribution is 6.30. The molecule has 1 aliphatic heterocycles. The van der Waals surface area contributed by atoms with Crippen LogP contribution in [0, 0.1) is 17.0 Å². The quantitative estimate of drug-likeness (QED) is 0.177. The highest BCUT2D eigenvalue weighted by atomic mass is 35.5. The standard InChI is InChI=1S/C31H32ClF3N2O3/c1-29(2,20-6-5-7-21(32)12-20)15-23(38)16-31(18-37(19-31)17-30(3,4)35)11-10-27(39)26-14-28(40-36-26)24-9-8-22(33)13-25(24)34/h5-14H,15-19H2,1-4H3/b11-10+. The fourth-order valence-corrected chi connectivity index (χ4v) is 5.46. The number of Topliss-reactive ketones (excluding diaryl/α,β-unsaturated/α-hetero) is 1.